The molecule has 0 aromatic heterocycles. The second-order valence-electron chi connectivity index (χ2n) is 8.14. The number of carbonyl (C=O) groups is 1. The summed E-state index contributed by atoms with van der Waals surface area (Å²) in [7, 11) is 0. The summed E-state index contributed by atoms with van der Waals surface area (Å²) in [5.41, 5.74) is 0.670. The van der Waals surface area contributed by atoms with Crippen molar-refractivity contribution in [1.29, 1.82) is 0 Å². The number of aryl methyl sites for hydroxylation is 1. The van der Waals surface area contributed by atoms with Crippen molar-refractivity contribution in [2.45, 2.75) is 59.2 Å². The van der Waals surface area contributed by atoms with Gasteiger partial charge in [-0.2, -0.15) is 0 Å². The Kier molecular flexibility index (Phi) is 4.86. The average molecular weight is 335 g/mol. The lowest BCUT2D eigenvalue weighted by Gasteiger charge is -2.33. The van der Waals surface area contributed by atoms with Crippen LogP contribution in [0.2, 0.25) is 0 Å². The van der Waals surface area contributed by atoms with Crippen LogP contribution in [-0.2, 0) is 4.74 Å². The molecule has 1 aromatic rings. The Labute approximate surface area is 144 Å². The quantitative estimate of drug-likeness (QED) is 0.869. The van der Waals surface area contributed by atoms with Gasteiger partial charge in [0.15, 0.2) is 0 Å². The van der Waals surface area contributed by atoms with E-state index in [1.54, 1.807) is 17.9 Å². The summed E-state index contributed by atoms with van der Waals surface area (Å²) in [6, 6.07) is 5.56. The van der Waals surface area contributed by atoms with Gasteiger partial charge in [0.25, 0.3) is 0 Å². The summed E-state index contributed by atoms with van der Waals surface area (Å²) in [5.74, 6) is 0.160. The van der Waals surface area contributed by atoms with Crippen LogP contribution in [-0.4, -0.2) is 46.0 Å². The predicted octanol–water partition coefficient (Wildman–Crippen LogP) is 3.42. The van der Waals surface area contributed by atoms with Gasteiger partial charge in [0.05, 0.1) is 6.10 Å². The monoisotopic (exact) mass is 335 g/mol. The Bertz CT molecular complexity index is 620. The van der Waals surface area contributed by atoms with E-state index in [9.17, 15) is 15.0 Å². The van der Waals surface area contributed by atoms with Crippen molar-refractivity contribution in [3.63, 3.8) is 0 Å². The molecule has 1 fully saturated rings. The first kappa shape index (κ1) is 18.6. The van der Waals surface area contributed by atoms with Crippen molar-refractivity contribution in [2.75, 3.05) is 13.1 Å². The lowest BCUT2D eigenvalue weighted by molar-refractivity contribution is 0.0194. The number of amides is 1. The van der Waals surface area contributed by atoms with Gasteiger partial charge in [0, 0.05) is 24.4 Å². The smallest absolute Gasteiger partial charge is 0.410 e. The predicted molar refractivity (Wildman–Crippen MR) is 93.2 cm³/mol. The molecule has 0 radical (unpaired) electrons. The summed E-state index contributed by atoms with van der Waals surface area (Å²) in [6.45, 7) is 12.0. The van der Waals surface area contributed by atoms with Crippen LogP contribution in [0, 0.1) is 12.3 Å². The van der Waals surface area contributed by atoms with Crippen molar-refractivity contribution in [2.24, 2.45) is 5.41 Å². The first-order chi connectivity index (χ1) is 10.9. The van der Waals surface area contributed by atoms with Crippen molar-refractivity contribution >= 4 is 6.09 Å². The van der Waals surface area contributed by atoms with E-state index >= 15 is 0 Å². The van der Waals surface area contributed by atoms with Gasteiger partial charge in [-0.25, -0.2) is 4.79 Å². The Morgan fingerprint density at radius 3 is 2.54 bits per heavy atom. The third-order valence-corrected chi connectivity index (χ3v) is 4.97. The number of aliphatic hydroxyl groups is 1. The molecule has 2 rings (SSSR count). The van der Waals surface area contributed by atoms with Crippen LogP contribution in [0.4, 0.5) is 4.79 Å². The minimum atomic E-state index is -0.599. The van der Waals surface area contributed by atoms with E-state index in [1.807, 2.05) is 46.8 Å². The van der Waals surface area contributed by atoms with Gasteiger partial charge in [-0.15, -0.1) is 0 Å². The molecule has 0 saturated carbocycles. The number of aromatic hydroxyl groups is 1. The number of phenols is 1. The van der Waals surface area contributed by atoms with Crippen molar-refractivity contribution < 1.29 is 19.7 Å². The molecule has 24 heavy (non-hydrogen) atoms. The lowest BCUT2D eigenvalue weighted by atomic mass is 9.72. The van der Waals surface area contributed by atoms with E-state index in [1.165, 1.54) is 0 Å². The summed E-state index contributed by atoms with van der Waals surface area (Å²) < 4.78 is 5.48. The van der Waals surface area contributed by atoms with E-state index in [0.29, 0.717) is 13.1 Å². The van der Waals surface area contributed by atoms with Crippen LogP contribution in [0.15, 0.2) is 18.2 Å². The van der Waals surface area contributed by atoms with E-state index in [0.717, 1.165) is 11.1 Å². The summed E-state index contributed by atoms with van der Waals surface area (Å²) in [5, 5.41) is 20.4. The largest absolute Gasteiger partial charge is 0.508 e. The first-order valence-corrected chi connectivity index (χ1v) is 8.39. The fourth-order valence-corrected chi connectivity index (χ4v) is 3.23. The molecule has 5 nitrogen and oxygen atoms in total. The van der Waals surface area contributed by atoms with Gasteiger partial charge in [0.1, 0.15) is 11.4 Å². The number of rotatable bonds is 2. The highest BCUT2D eigenvalue weighted by molar-refractivity contribution is 5.69. The molecule has 1 saturated heterocycles. The normalized spacial score (nSPS) is 25.6. The zero-order chi connectivity index (χ0) is 18.3. The molecule has 0 unspecified atom stereocenters. The second kappa shape index (κ2) is 6.28. The van der Waals surface area contributed by atoms with Crippen molar-refractivity contribution in [3.8, 4) is 5.75 Å². The number of likely N-dealkylation sites (tertiary alicyclic amines) is 1. The molecule has 1 heterocycles. The maximum atomic E-state index is 12.4. The molecular weight excluding hydrogens is 306 g/mol. The number of hydrogen-bond donors (Lipinski definition) is 2. The number of nitrogens with zero attached hydrogens (tertiary/aromatic N) is 1. The number of benzene rings is 1. The Hall–Kier alpha value is -1.75. The topological polar surface area (TPSA) is 70.0 Å². The molecule has 2 N–H and O–H groups in total. The first-order valence-electron chi connectivity index (χ1n) is 8.39. The average Bonchev–Trinajstić information content (AvgIpc) is 2.80. The third kappa shape index (κ3) is 3.66. The van der Waals surface area contributed by atoms with Gasteiger partial charge in [-0.05, 0) is 51.8 Å². The van der Waals surface area contributed by atoms with Gasteiger partial charge < -0.3 is 19.8 Å². The maximum Gasteiger partial charge on any atom is 0.410 e. The number of aliphatic hydroxyl groups excluding tert-OH is 1. The lowest BCUT2D eigenvalue weighted by Crippen LogP contribution is -2.39. The standard InChI is InChI=1S/C19H29NO4/c1-12-7-8-14(9-16(12)22)15-10-20(11-19(15,6)13(2)21)17(23)24-18(3,4)5/h7-9,13,15,21-22H,10-11H2,1-6H3/t13-,15+,19+/m1/s1. The highest BCUT2D eigenvalue weighted by Crippen LogP contribution is 2.46. The third-order valence-electron chi connectivity index (χ3n) is 4.97. The number of hydrogen-bond acceptors (Lipinski definition) is 4. The number of ether oxygens (including phenoxy) is 1. The molecular formula is C19H29NO4. The Morgan fingerprint density at radius 2 is 2.04 bits per heavy atom. The second-order valence-corrected chi connectivity index (χ2v) is 8.14. The molecule has 1 amide bonds. The zero-order valence-corrected chi connectivity index (χ0v) is 15.5. The van der Waals surface area contributed by atoms with E-state index in [4.69, 9.17) is 4.74 Å². The molecule has 134 valence electrons. The molecule has 1 aromatic carbocycles. The molecule has 3 atom stereocenters. The summed E-state index contributed by atoms with van der Waals surface area (Å²) in [6.07, 6.45) is -0.966. The van der Waals surface area contributed by atoms with Crippen LogP contribution in [0.25, 0.3) is 0 Å². The van der Waals surface area contributed by atoms with Crippen LogP contribution in [0.3, 0.4) is 0 Å². The highest BCUT2D eigenvalue weighted by atomic mass is 16.6. The van der Waals surface area contributed by atoms with Crippen LogP contribution in [0.5, 0.6) is 5.75 Å². The molecule has 5 heteroatoms. The zero-order valence-electron chi connectivity index (χ0n) is 15.5. The Balaban J connectivity index is 2.32. The SMILES string of the molecule is Cc1ccc([C@@H]2CN(C(=O)OC(C)(C)C)C[C@@]2(C)[C@@H](C)O)cc1O. The van der Waals surface area contributed by atoms with Gasteiger partial charge >= 0.3 is 6.09 Å². The van der Waals surface area contributed by atoms with E-state index in [2.05, 4.69) is 0 Å². The molecule has 0 bridgehead atoms. The van der Waals surface area contributed by atoms with Crippen LogP contribution >= 0.6 is 0 Å². The number of carbonyl (C=O) groups excluding carboxylic acids is 1. The fraction of sp³-hybridized carbons (Fsp3) is 0.632. The van der Waals surface area contributed by atoms with E-state index in [-0.39, 0.29) is 17.8 Å². The molecule has 1 aliphatic heterocycles. The minimum Gasteiger partial charge on any atom is -0.508 e. The summed E-state index contributed by atoms with van der Waals surface area (Å²) in [4.78, 5) is 14.1. The van der Waals surface area contributed by atoms with Crippen molar-refractivity contribution in [1.82, 2.24) is 4.90 Å². The highest BCUT2D eigenvalue weighted by Gasteiger charge is 2.49. The molecule has 0 aliphatic carbocycles. The van der Waals surface area contributed by atoms with Gasteiger partial charge in [0.2, 0.25) is 0 Å². The van der Waals surface area contributed by atoms with Crippen LogP contribution < -0.4 is 0 Å². The maximum absolute atomic E-state index is 12.4. The minimum absolute atomic E-state index is 0.0727. The molecule has 1 aliphatic rings. The van der Waals surface area contributed by atoms with E-state index < -0.39 is 17.1 Å². The molecule has 0 spiro atoms. The van der Waals surface area contributed by atoms with Gasteiger partial charge in [-0.3, -0.25) is 0 Å². The van der Waals surface area contributed by atoms with Crippen molar-refractivity contribution in [3.05, 3.63) is 29.3 Å². The fourth-order valence-electron chi connectivity index (χ4n) is 3.23. The summed E-state index contributed by atoms with van der Waals surface area (Å²) >= 11 is 0. The number of phenolic OH excluding ortho intramolecular Hbond substituents is 1. The Morgan fingerprint density at radius 1 is 1.42 bits per heavy atom. The van der Waals surface area contributed by atoms with Crippen LogP contribution in [0.1, 0.15) is 51.7 Å². The van der Waals surface area contributed by atoms with Gasteiger partial charge in [-0.1, -0.05) is 19.1 Å².